The predicted molar refractivity (Wildman–Crippen MR) is 87.8 cm³/mol. The van der Waals surface area contributed by atoms with E-state index in [-0.39, 0.29) is 30.1 Å². The van der Waals surface area contributed by atoms with Crippen molar-refractivity contribution in [3.05, 3.63) is 24.0 Å². The standard InChI is InChI=1S/C17H22FN3O3.ClH/c1-12(22)2-4-14-11-21(17(23)24-14)13-3-5-16(15(18)10-13)20-8-6-19-7-9-20;/h3,5,10,14,19H,2,4,6-9,11H2,1H3;1H/t14-;/m0./s1. The lowest BCUT2D eigenvalue weighted by atomic mass is 10.1. The van der Waals surface area contributed by atoms with Crippen LogP contribution in [0.1, 0.15) is 19.8 Å². The Hall–Kier alpha value is -1.86. The number of rotatable bonds is 5. The number of carbonyl (C=O) groups is 2. The van der Waals surface area contributed by atoms with Gasteiger partial charge in [0, 0.05) is 6.42 Å². The Morgan fingerprint density at radius 2 is 2.08 bits per heavy atom. The van der Waals surface area contributed by atoms with E-state index in [2.05, 4.69) is 5.32 Å². The van der Waals surface area contributed by atoms with Crippen molar-refractivity contribution in [3.8, 4) is 0 Å². The SMILES string of the molecule is CC(=O)CC[C@H]1CN(c2ccc(N3CC[NH2+]CC3)c(F)c2)C(=O)O1.[Cl-]. The molecule has 8 heteroatoms. The van der Waals surface area contributed by atoms with Crippen molar-refractivity contribution in [1.29, 1.82) is 0 Å². The van der Waals surface area contributed by atoms with Crippen molar-refractivity contribution in [2.45, 2.75) is 25.9 Å². The van der Waals surface area contributed by atoms with Crippen molar-refractivity contribution < 1.29 is 36.4 Å². The lowest BCUT2D eigenvalue weighted by Gasteiger charge is -2.28. The van der Waals surface area contributed by atoms with E-state index in [1.807, 2.05) is 4.90 Å². The number of nitrogens with two attached hydrogens (primary N) is 1. The number of ketones is 1. The van der Waals surface area contributed by atoms with Crippen LogP contribution in [0, 0.1) is 5.82 Å². The van der Waals surface area contributed by atoms with Gasteiger partial charge in [0.25, 0.3) is 0 Å². The number of ether oxygens (including phenoxy) is 1. The molecule has 0 aromatic heterocycles. The first-order valence-corrected chi connectivity index (χ1v) is 8.38. The van der Waals surface area contributed by atoms with E-state index in [9.17, 15) is 14.0 Å². The van der Waals surface area contributed by atoms with Gasteiger partial charge in [-0.05, 0) is 31.5 Å². The van der Waals surface area contributed by atoms with Crippen molar-refractivity contribution >= 4 is 23.3 Å². The second-order valence-corrected chi connectivity index (χ2v) is 6.35. The molecule has 0 unspecified atom stereocenters. The molecule has 138 valence electrons. The van der Waals surface area contributed by atoms with E-state index in [0.717, 1.165) is 26.2 Å². The molecule has 0 spiro atoms. The third kappa shape index (κ3) is 4.61. The number of carbonyl (C=O) groups excluding carboxylic acids is 2. The van der Waals surface area contributed by atoms with Crippen molar-refractivity contribution in [3.63, 3.8) is 0 Å². The molecule has 0 bridgehead atoms. The maximum absolute atomic E-state index is 14.5. The predicted octanol–water partition coefficient (Wildman–Crippen LogP) is -2.09. The Bertz CT molecular complexity index is 638. The molecule has 0 radical (unpaired) electrons. The van der Waals surface area contributed by atoms with Crippen LogP contribution >= 0.6 is 0 Å². The molecule has 2 aliphatic heterocycles. The van der Waals surface area contributed by atoms with Gasteiger partial charge < -0.3 is 32.2 Å². The van der Waals surface area contributed by atoms with Crippen LogP contribution < -0.4 is 27.5 Å². The Morgan fingerprint density at radius 1 is 1.36 bits per heavy atom. The second-order valence-electron chi connectivity index (χ2n) is 6.35. The third-order valence-corrected chi connectivity index (χ3v) is 4.48. The van der Waals surface area contributed by atoms with Crippen LogP contribution in [0.3, 0.4) is 0 Å². The highest BCUT2D eigenvalue weighted by Gasteiger charge is 2.32. The molecule has 2 fully saturated rings. The van der Waals surface area contributed by atoms with E-state index in [1.165, 1.54) is 17.9 Å². The van der Waals surface area contributed by atoms with E-state index < -0.39 is 6.09 Å². The summed E-state index contributed by atoms with van der Waals surface area (Å²) in [5, 5.41) is 2.21. The van der Waals surface area contributed by atoms with Gasteiger partial charge in [0.1, 0.15) is 17.7 Å². The summed E-state index contributed by atoms with van der Waals surface area (Å²) in [5.74, 6) is -0.256. The van der Waals surface area contributed by atoms with E-state index in [0.29, 0.717) is 30.8 Å². The van der Waals surface area contributed by atoms with Crippen molar-refractivity contribution in [1.82, 2.24) is 0 Å². The molecule has 1 aromatic rings. The first-order chi connectivity index (χ1) is 11.5. The molecule has 1 aromatic carbocycles. The van der Waals surface area contributed by atoms with Crippen LogP contribution in [-0.2, 0) is 9.53 Å². The molecule has 2 saturated heterocycles. The van der Waals surface area contributed by atoms with E-state index in [1.54, 1.807) is 12.1 Å². The number of amides is 1. The largest absolute Gasteiger partial charge is 1.00 e. The number of cyclic esters (lactones) is 1. The third-order valence-electron chi connectivity index (χ3n) is 4.48. The lowest BCUT2D eigenvalue weighted by Crippen LogP contribution is -3.00. The minimum Gasteiger partial charge on any atom is -1.00 e. The first-order valence-electron chi connectivity index (χ1n) is 8.38. The normalized spacial score (nSPS) is 20.2. The number of quaternary nitrogens is 1. The van der Waals surface area contributed by atoms with Gasteiger partial charge in [-0.2, -0.15) is 0 Å². The zero-order chi connectivity index (χ0) is 17.1. The molecule has 2 N–H and O–H groups in total. The summed E-state index contributed by atoms with van der Waals surface area (Å²) in [6.45, 7) is 5.41. The molecular formula is C17H23ClFN3O3. The fraction of sp³-hybridized carbons (Fsp3) is 0.529. The quantitative estimate of drug-likeness (QED) is 0.644. The van der Waals surface area contributed by atoms with Crippen LogP contribution in [0.2, 0.25) is 0 Å². The molecule has 2 heterocycles. The van der Waals surface area contributed by atoms with Gasteiger partial charge in [-0.1, -0.05) is 0 Å². The van der Waals surface area contributed by atoms with Gasteiger partial charge in [-0.3, -0.25) is 4.90 Å². The minimum absolute atomic E-state index is 0. The van der Waals surface area contributed by atoms with Crippen LogP contribution in [-0.4, -0.2) is 50.7 Å². The summed E-state index contributed by atoms with van der Waals surface area (Å²) in [4.78, 5) is 26.5. The molecule has 6 nitrogen and oxygen atoms in total. The minimum atomic E-state index is -0.483. The number of Topliss-reactive ketones (excluding diaryl/α,β-unsaturated/α-hetero) is 1. The van der Waals surface area contributed by atoms with Gasteiger partial charge in [-0.25, -0.2) is 9.18 Å². The fourth-order valence-corrected chi connectivity index (χ4v) is 3.16. The molecule has 2 aliphatic rings. The van der Waals surface area contributed by atoms with E-state index >= 15 is 0 Å². The van der Waals surface area contributed by atoms with Gasteiger partial charge in [0.2, 0.25) is 0 Å². The monoisotopic (exact) mass is 371 g/mol. The number of halogens is 2. The molecule has 0 saturated carbocycles. The summed E-state index contributed by atoms with van der Waals surface area (Å²) in [5.41, 5.74) is 1.07. The lowest BCUT2D eigenvalue weighted by molar-refractivity contribution is -0.655. The van der Waals surface area contributed by atoms with Gasteiger partial charge in [0.15, 0.2) is 0 Å². The maximum atomic E-state index is 14.5. The molecule has 3 rings (SSSR count). The first kappa shape index (κ1) is 19.5. The zero-order valence-electron chi connectivity index (χ0n) is 14.2. The number of anilines is 2. The van der Waals surface area contributed by atoms with Crippen molar-refractivity contribution in [2.24, 2.45) is 0 Å². The summed E-state index contributed by atoms with van der Waals surface area (Å²) < 4.78 is 19.8. The zero-order valence-corrected chi connectivity index (χ0v) is 15.0. The summed E-state index contributed by atoms with van der Waals surface area (Å²) in [6.07, 6.45) is 0.0815. The molecular weight excluding hydrogens is 349 g/mol. The van der Waals surface area contributed by atoms with Crippen LogP contribution in [0.4, 0.5) is 20.6 Å². The number of hydrogen-bond donors (Lipinski definition) is 1. The van der Waals surface area contributed by atoms with Gasteiger partial charge >= 0.3 is 6.09 Å². The summed E-state index contributed by atoms with van der Waals surface area (Å²) in [6, 6.07) is 4.87. The summed E-state index contributed by atoms with van der Waals surface area (Å²) in [7, 11) is 0. The average Bonchev–Trinajstić information content (AvgIpc) is 2.94. The smallest absolute Gasteiger partial charge is 0.414 e. The Kier molecular flexibility index (Phi) is 6.61. The molecule has 1 atom stereocenters. The Balaban J connectivity index is 0.00000225. The highest BCUT2D eigenvalue weighted by Crippen LogP contribution is 2.28. The number of piperazine rings is 1. The highest BCUT2D eigenvalue weighted by molar-refractivity contribution is 5.90. The van der Waals surface area contributed by atoms with Crippen LogP contribution in [0.25, 0.3) is 0 Å². The average molecular weight is 372 g/mol. The Labute approximate surface area is 152 Å². The second kappa shape index (κ2) is 8.49. The number of hydrogen-bond acceptors (Lipinski definition) is 4. The van der Waals surface area contributed by atoms with Gasteiger partial charge in [-0.15, -0.1) is 0 Å². The van der Waals surface area contributed by atoms with Crippen LogP contribution in [0.5, 0.6) is 0 Å². The summed E-state index contributed by atoms with van der Waals surface area (Å²) >= 11 is 0. The molecule has 0 aliphatic carbocycles. The van der Waals surface area contributed by atoms with Crippen molar-refractivity contribution in [2.75, 3.05) is 42.5 Å². The van der Waals surface area contributed by atoms with Crippen LogP contribution in [0.15, 0.2) is 18.2 Å². The Morgan fingerprint density at radius 3 is 2.72 bits per heavy atom. The fourth-order valence-electron chi connectivity index (χ4n) is 3.16. The number of benzene rings is 1. The number of nitrogens with zero attached hydrogens (tertiary/aromatic N) is 2. The van der Waals surface area contributed by atoms with Gasteiger partial charge in [0.05, 0.1) is 44.1 Å². The highest BCUT2D eigenvalue weighted by atomic mass is 35.5. The molecule has 1 amide bonds. The molecule has 25 heavy (non-hydrogen) atoms. The topological polar surface area (TPSA) is 66.5 Å². The van der Waals surface area contributed by atoms with E-state index in [4.69, 9.17) is 4.74 Å². The maximum Gasteiger partial charge on any atom is 0.414 e.